The van der Waals surface area contributed by atoms with Crippen LogP contribution in [0.3, 0.4) is 0 Å². The van der Waals surface area contributed by atoms with E-state index >= 15 is 0 Å². The number of furan rings is 1. The highest BCUT2D eigenvalue weighted by Crippen LogP contribution is 2.32. The maximum absolute atomic E-state index is 12.3. The summed E-state index contributed by atoms with van der Waals surface area (Å²) in [5.74, 6) is -0.984. The van der Waals surface area contributed by atoms with Gasteiger partial charge < -0.3 is 4.42 Å². The zero-order valence-electron chi connectivity index (χ0n) is 9.69. The van der Waals surface area contributed by atoms with Crippen LogP contribution in [0.25, 0.3) is 0 Å². The molecule has 94 valence electrons. The Morgan fingerprint density at radius 1 is 1.32 bits per heavy atom. The second-order valence-corrected chi connectivity index (χ2v) is 4.41. The lowest BCUT2D eigenvalue weighted by Gasteiger charge is -2.11. The second-order valence-electron chi connectivity index (χ2n) is 4.07. The molecule has 0 bridgehead atoms. The monoisotopic (exact) mass is 275 g/mol. The predicted molar refractivity (Wildman–Crippen MR) is 64.7 cm³/mol. The van der Waals surface area contributed by atoms with Crippen molar-refractivity contribution in [2.75, 3.05) is 0 Å². The fourth-order valence-corrected chi connectivity index (χ4v) is 2.40. The molecule has 0 atom stereocenters. The van der Waals surface area contributed by atoms with E-state index in [2.05, 4.69) is 4.98 Å². The first-order valence-electron chi connectivity index (χ1n) is 5.40. The van der Waals surface area contributed by atoms with Gasteiger partial charge in [0.1, 0.15) is 11.5 Å². The van der Waals surface area contributed by atoms with Gasteiger partial charge >= 0.3 is 0 Å². The van der Waals surface area contributed by atoms with E-state index in [0.29, 0.717) is 0 Å². The van der Waals surface area contributed by atoms with Crippen LogP contribution in [-0.4, -0.2) is 21.8 Å². The molecule has 0 radical (unpaired) electrons. The van der Waals surface area contributed by atoms with E-state index in [-0.39, 0.29) is 33.9 Å². The Kier molecular flexibility index (Phi) is 2.40. The molecular weight excluding hydrogens is 270 g/mol. The molecule has 0 saturated heterocycles. The van der Waals surface area contributed by atoms with Crippen molar-refractivity contribution in [3.63, 3.8) is 0 Å². The van der Waals surface area contributed by atoms with Gasteiger partial charge in [0.2, 0.25) is 11.6 Å². The number of carbonyl (C=O) groups is 3. The molecule has 0 saturated carbocycles. The second kappa shape index (κ2) is 3.86. The van der Waals surface area contributed by atoms with E-state index in [9.17, 15) is 14.4 Å². The quantitative estimate of drug-likeness (QED) is 0.636. The molecule has 2 aromatic rings. The molecule has 2 aromatic heterocycles. The van der Waals surface area contributed by atoms with E-state index < -0.39 is 16.8 Å². The number of nitrogens with zero attached hydrogens (tertiary/aromatic N) is 1. The number of carbonyl (C=O) groups excluding carboxylic acids is 3. The summed E-state index contributed by atoms with van der Waals surface area (Å²) in [7, 11) is 0. The fourth-order valence-electron chi connectivity index (χ4n) is 2.17. The van der Waals surface area contributed by atoms with Gasteiger partial charge in [0.25, 0.3) is 5.24 Å². The van der Waals surface area contributed by atoms with Gasteiger partial charge in [0.15, 0.2) is 5.76 Å². The first-order valence-corrected chi connectivity index (χ1v) is 5.77. The number of ketones is 2. The number of aromatic nitrogens is 1. The number of fused-ring (bicyclic) bond motifs is 2. The third kappa shape index (κ3) is 1.48. The van der Waals surface area contributed by atoms with Crippen molar-refractivity contribution in [3.05, 3.63) is 52.2 Å². The van der Waals surface area contributed by atoms with Gasteiger partial charge in [-0.15, -0.1) is 0 Å². The number of aryl methyl sites for hydroxylation is 1. The number of hydrogen-bond donors (Lipinski definition) is 0. The van der Waals surface area contributed by atoms with Crippen molar-refractivity contribution in [1.82, 2.24) is 4.98 Å². The van der Waals surface area contributed by atoms with Gasteiger partial charge in [0, 0.05) is 6.20 Å². The van der Waals surface area contributed by atoms with Crippen LogP contribution in [-0.2, 0) is 0 Å². The summed E-state index contributed by atoms with van der Waals surface area (Å²) in [5, 5.41) is -0.831. The van der Waals surface area contributed by atoms with Crippen LogP contribution in [0.15, 0.2) is 22.7 Å². The van der Waals surface area contributed by atoms with Gasteiger partial charge in [-0.2, -0.15) is 0 Å². The number of rotatable bonds is 1. The molecule has 0 spiro atoms. The molecule has 0 fully saturated rings. The van der Waals surface area contributed by atoms with Crippen LogP contribution < -0.4 is 0 Å². The van der Waals surface area contributed by atoms with Crippen LogP contribution in [0, 0.1) is 6.92 Å². The van der Waals surface area contributed by atoms with Gasteiger partial charge in [-0.3, -0.25) is 19.4 Å². The normalized spacial score (nSPS) is 13.2. The Morgan fingerprint density at radius 3 is 2.74 bits per heavy atom. The standard InChI is InChI=1S/C13H6ClNO4/c1-5-7(13(14)18)8-11(17)9-6(3-2-4-15-9)10(16)12(8)19-5/h2-4H,1H3. The zero-order valence-corrected chi connectivity index (χ0v) is 10.4. The molecule has 19 heavy (non-hydrogen) atoms. The van der Waals surface area contributed by atoms with Crippen molar-refractivity contribution in [2.45, 2.75) is 6.92 Å². The van der Waals surface area contributed by atoms with Crippen LogP contribution >= 0.6 is 11.6 Å². The van der Waals surface area contributed by atoms with Crippen molar-refractivity contribution < 1.29 is 18.8 Å². The number of hydrogen-bond acceptors (Lipinski definition) is 5. The van der Waals surface area contributed by atoms with E-state index in [0.717, 1.165) is 0 Å². The molecule has 0 N–H and O–H groups in total. The Balaban J connectivity index is 2.37. The predicted octanol–water partition coefficient (Wildman–Crippen LogP) is 2.14. The Bertz CT molecular complexity index is 760. The molecule has 5 nitrogen and oxygen atoms in total. The van der Waals surface area contributed by atoms with Gasteiger partial charge in [-0.05, 0) is 30.7 Å². The van der Waals surface area contributed by atoms with E-state index in [1.807, 2.05) is 0 Å². The first kappa shape index (κ1) is 11.8. The SMILES string of the molecule is Cc1oc2c(c1C(=O)Cl)C(=O)c1ncccc1C2=O. The molecule has 0 amide bonds. The lowest BCUT2D eigenvalue weighted by Crippen LogP contribution is -2.22. The van der Waals surface area contributed by atoms with Gasteiger partial charge in [-0.1, -0.05) is 0 Å². The van der Waals surface area contributed by atoms with Crippen molar-refractivity contribution >= 4 is 28.4 Å². The molecule has 1 aliphatic rings. The minimum atomic E-state index is -0.831. The summed E-state index contributed by atoms with van der Waals surface area (Å²) in [6.07, 6.45) is 1.41. The number of halogens is 1. The summed E-state index contributed by atoms with van der Waals surface area (Å²) < 4.78 is 5.23. The van der Waals surface area contributed by atoms with E-state index in [4.69, 9.17) is 16.0 Å². The summed E-state index contributed by atoms with van der Waals surface area (Å²) in [6, 6.07) is 3.05. The highest BCUT2D eigenvalue weighted by atomic mass is 35.5. The van der Waals surface area contributed by atoms with Crippen molar-refractivity contribution in [3.8, 4) is 0 Å². The lowest BCUT2D eigenvalue weighted by molar-refractivity contribution is 0.0955. The largest absolute Gasteiger partial charge is 0.456 e. The smallest absolute Gasteiger partial charge is 0.256 e. The average Bonchev–Trinajstić information content (AvgIpc) is 2.74. The summed E-state index contributed by atoms with van der Waals surface area (Å²) >= 11 is 5.44. The summed E-state index contributed by atoms with van der Waals surface area (Å²) in [4.78, 5) is 39.8. The van der Waals surface area contributed by atoms with Gasteiger partial charge in [0.05, 0.1) is 16.7 Å². The van der Waals surface area contributed by atoms with E-state index in [1.54, 1.807) is 6.07 Å². The molecule has 3 rings (SSSR count). The maximum Gasteiger partial charge on any atom is 0.256 e. The van der Waals surface area contributed by atoms with Crippen molar-refractivity contribution in [2.24, 2.45) is 0 Å². The Morgan fingerprint density at radius 2 is 2.05 bits per heavy atom. The molecule has 1 aliphatic carbocycles. The molecule has 0 unspecified atom stereocenters. The van der Waals surface area contributed by atoms with E-state index in [1.165, 1.54) is 19.2 Å². The fraction of sp³-hybridized carbons (Fsp3) is 0.0769. The van der Waals surface area contributed by atoms with Crippen LogP contribution in [0.5, 0.6) is 0 Å². The maximum atomic E-state index is 12.3. The third-order valence-electron chi connectivity index (χ3n) is 2.98. The molecule has 2 heterocycles. The highest BCUT2D eigenvalue weighted by molar-refractivity contribution is 6.68. The molecule has 0 aliphatic heterocycles. The van der Waals surface area contributed by atoms with Crippen LogP contribution in [0.2, 0.25) is 0 Å². The van der Waals surface area contributed by atoms with Crippen molar-refractivity contribution in [1.29, 1.82) is 0 Å². The van der Waals surface area contributed by atoms with Crippen LogP contribution in [0.4, 0.5) is 0 Å². The minimum Gasteiger partial charge on any atom is -0.456 e. The van der Waals surface area contributed by atoms with Crippen LogP contribution in [0.1, 0.15) is 48.3 Å². The number of pyridine rings is 1. The Labute approximate surface area is 112 Å². The topological polar surface area (TPSA) is 77.2 Å². The zero-order chi connectivity index (χ0) is 13.7. The lowest BCUT2D eigenvalue weighted by atomic mass is 9.90. The first-order chi connectivity index (χ1) is 9.02. The summed E-state index contributed by atoms with van der Waals surface area (Å²) in [6.45, 7) is 1.48. The third-order valence-corrected chi connectivity index (χ3v) is 3.17. The molecule has 0 aromatic carbocycles. The average molecular weight is 276 g/mol. The highest BCUT2D eigenvalue weighted by Gasteiger charge is 2.38. The molecular formula is C13H6ClNO4. The summed E-state index contributed by atoms with van der Waals surface area (Å²) in [5.41, 5.74) is 0.0299. The van der Waals surface area contributed by atoms with Gasteiger partial charge in [-0.25, -0.2) is 0 Å². The minimum absolute atomic E-state index is 0.0139. The Hall–Kier alpha value is -2.27. The molecule has 6 heteroatoms.